The van der Waals surface area contributed by atoms with E-state index in [1.54, 1.807) is 4.90 Å². The minimum absolute atomic E-state index is 0.0687. The predicted octanol–water partition coefficient (Wildman–Crippen LogP) is 2.61. The Labute approximate surface area is 164 Å². The highest BCUT2D eigenvalue weighted by Gasteiger charge is 2.33. The molecule has 1 unspecified atom stereocenters. The number of benzene rings is 1. The van der Waals surface area contributed by atoms with E-state index in [1.165, 1.54) is 16.9 Å². The number of hydrogen-bond acceptors (Lipinski definition) is 6. The molecule has 1 aliphatic heterocycles. The number of aromatic nitrogens is 1. The summed E-state index contributed by atoms with van der Waals surface area (Å²) in [6.07, 6.45) is 0.708. The van der Waals surface area contributed by atoms with Crippen molar-refractivity contribution in [2.24, 2.45) is 0 Å². The van der Waals surface area contributed by atoms with Crippen LogP contribution in [0.3, 0.4) is 0 Å². The van der Waals surface area contributed by atoms with E-state index in [-0.39, 0.29) is 29.9 Å². The zero-order chi connectivity index (χ0) is 19.4. The molecule has 0 aliphatic carbocycles. The topological polar surface area (TPSA) is 76.6 Å². The zero-order valence-corrected chi connectivity index (χ0v) is 17.2. The number of nitrogens with zero attached hydrogens (tertiary/aromatic N) is 2. The summed E-state index contributed by atoms with van der Waals surface area (Å²) in [7, 11) is -3.01. The highest BCUT2D eigenvalue weighted by molar-refractivity contribution is 7.91. The molecule has 2 aromatic rings. The van der Waals surface area contributed by atoms with Gasteiger partial charge in [-0.15, -0.1) is 11.3 Å². The van der Waals surface area contributed by atoms with Gasteiger partial charge < -0.3 is 9.64 Å². The number of rotatable bonds is 7. The molecule has 8 heteroatoms. The average Bonchev–Trinajstić information content (AvgIpc) is 3.21. The number of aryl methyl sites for hydroxylation is 1. The van der Waals surface area contributed by atoms with Crippen molar-refractivity contribution in [1.82, 2.24) is 9.88 Å². The number of amides is 1. The fourth-order valence-corrected chi connectivity index (χ4v) is 5.63. The molecule has 0 bridgehead atoms. The van der Waals surface area contributed by atoms with Crippen LogP contribution in [0.25, 0.3) is 0 Å². The maximum Gasteiger partial charge on any atom is 0.228 e. The molecule has 1 saturated heterocycles. The summed E-state index contributed by atoms with van der Waals surface area (Å²) in [5.41, 5.74) is 1.87. The van der Waals surface area contributed by atoms with Gasteiger partial charge in [0.05, 0.1) is 23.6 Å². The molecule has 1 fully saturated rings. The molecule has 1 atom stereocenters. The number of hydrogen-bond donors (Lipinski definition) is 0. The van der Waals surface area contributed by atoms with Crippen LogP contribution < -0.4 is 4.74 Å². The smallest absolute Gasteiger partial charge is 0.228 e. The fraction of sp³-hybridized carbons (Fsp3) is 0.474. The minimum Gasteiger partial charge on any atom is -0.486 e. The standard InChI is InChI=1S/C19H24N2O4S2/c1-3-21(16-8-9-27(23,24)13-16)19(22)10-15-12-26-18(20-15)11-25-17-6-4-14(2)5-7-17/h4-7,12,16H,3,8-11,13H2,1-2H3. The van der Waals surface area contributed by atoms with Crippen LogP contribution in [0.15, 0.2) is 29.6 Å². The molecule has 0 N–H and O–H groups in total. The third-order valence-electron chi connectivity index (χ3n) is 4.63. The summed E-state index contributed by atoms with van der Waals surface area (Å²) in [4.78, 5) is 18.8. The van der Waals surface area contributed by atoms with E-state index in [0.29, 0.717) is 25.3 Å². The van der Waals surface area contributed by atoms with Crippen LogP contribution in [0.4, 0.5) is 0 Å². The van der Waals surface area contributed by atoms with Crippen molar-refractivity contribution in [3.05, 3.63) is 45.9 Å². The quantitative estimate of drug-likeness (QED) is 0.704. The molecular formula is C19H24N2O4S2. The van der Waals surface area contributed by atoms with Crippen molar-refractivity contribution in [3.63, 3.8) is 0 Å². The number of carbonyl (C=O) groups excluding carboxylic acids is 1. The van der Waals surface area contributed by atoms with E-state index in [0.717, 1.165) is 10.8 Å². The minimum atomic E-state index is -3.01. The molecule has 6 nitrogen and oxygen atoms in total. The van der Waals surface area contributed by atoms with E-state index >= 15 is 0 Å². The monoisotopic (exact) mass is 408 g/mol. The lowest BCUT2D eigenvalue weighted by Gasteiger charge is -2.26. The Morgan fingerprint density at radius 2 is 2.07 bits per heavy atom. The first kappa shape index (κ1) is 19.8. The van der Waals surface area contributed by atoms with Gasteiger partial charge in [0.2, 0.25) is 5.91 Å². The second-order valence-electron chi connectivity index (χ2n) is 6.75. The zero-order valence-electron chi connectivity index (χ0n) is 15.6. The Bertz CT molecular complexity index is 891. The van der Waals surface area contributed by atoms with Gasteiger partial charge in [0.15, 0.2) is 9.84 Å². The Kier molecular flexibility index (Phi) is 6.16. The van der Waals surface area contributed by atoms with Gasteiger partial charge in [-0.05, 0) is 32.4 Å². The maximum atomic E-state index is 12.6. The molecule has 0 radical (unpaired) electrons. The van der Waals surface area contributed by atoms with E-state index in [9.17, 15) is 13.2 Å². The van der Waals surface area contributed by atoms with Crippen LogP contribution in [-0.4, -0.2) is 48.3 Å². The molecule has 2 heterocycles. The Balaban J connectivity index is 1.56. The third-order valence-corrected chi connectivity index (χ3v) is 7.25. The van der Waals surface area contributed by atoms with Crippen molar-refractivity contribution >= 4 is 27.1 Å². The van der Waals surface area contributed by atoms with Crippen LogP contribution in [-0.2, 0) is 27.7 Å². The van der Waals surface area contributed by atoms with Gasteiger partial charge in [-0.25, -0.2) is 13.4 Å². The number of carbonyl (C=O) groups is 1. The lowest BCUT2D eigenvalue weighted by Crippen LogP contribution is -2.41. The summed E-state index contributed by atoms with van der Waals surface area (Å²) in [6, 6.07) is 7.60. The second-order valence-corrected chi connectivity index (χ2v) is 9.92. The first-order valence-electron chi connectivity index (χ1n) is 8.99. The van der Waals surface area contributed by atoms with E-state index in [1.807, 2.05) is 43.5 Å². The molecule has 27 heavy (non-hydrogen) atoms. The SMILES string of the molecule is CCN(C(=O)Cc1csc(COc2ccc(C)cc2)n1)C1CCS(=O)(=O)C1. The molecule has 3 rings (SSSR count). The van der Waals surface area contributed by atoms with E-state index in [4.69, 9.17) is 4.74 Å². The lowest BCUT2D eigenvalue weighted by molar-refractivity contribution is -0.132. The molecule has 146 valence electrons. The Morgan fingerprint density at radius 1 is 1.33 bits per heavy atom. The van der Waals surface area contributed by atoms with Crippen molar-refractivity contribution in [1.29, 1.82) is 0 Å². The Morgan fingerprint density at radius 3 is 2.70 bits per heavy atom. The summed E-state index contributed by atoms with van der Waals surface area (Å²) in [5.74, 6) is 0.946. The highest BCUT2D eigenvalue weighted by Crippen LogP contribution is 2.20. The summed E-state index contributed by atoms with van der Waals surface area (Å²) < 4.78 is 29.1. The molecule has 1 aliphatic rings. The first-order chi connectivity index (χ1) is 12.9. The fourth-order valence-electron chi connectivity index (χ4n) is 3.19. The first-order valence-corrected chi connectivity index (χ1v) is 11.7. The van der Waals surface area contributed by atoms with Gasteiger partial charge in [-0.1, -0.05) is 17.7 Å². The van der Waals surface area contributed by atoms with Gasteiger partial charge >= 0.3 is 0 Å². The van der Waals surface area contributed by atoms with Crippen LogP contribution in [0.5, 0.6) is 5.75 Å². The van der Waals surface area contributed by atoms with Crippen LogP contribution >= 0.6 is 11.3 Å². The number of sulfone groups is 1. The number of ether oxygens (including phenoxy) is 1. The highest BCUT2D eigenvalue weighted by atomic mass is 32.2. The van der Waals surface area contributed by atoms with Crippen molar-refractivity contribution in [2.45, 2.75) is 39.3 Å². The molecule has 1 amide bonds. The molecule has 0 spiro atoms. The summed E-state index contributed by atoms with van der Waals surface area (Å²) in [6.45, 7) is 4.77. The molecule has 1 aromatic heterocycles. The van der Waals surface area contributed by atoms with E-state index in [2.05, 4.69) is 4.98 Å². The van der Waals surface area contributed by atoms with Crippen LogP contribution in [0.2, 0.25) is 0 Å². The predicted molar refractivity (Wildman–Crippen MR) is 106 cm³/mol. The average molecular weight is 409 g/mol. The van der Waals surface area contributed by atoms with Gasteiger partial charge in [0.1, 0.15) is 17.4 Å². The molecule has 1 aromatic carbocycles. The van der Waals surface area contributed by atoms with Crippen molar-refractivity contribution < 1.29 is 17.9 Å². The molecular weight excluding hydrogens is 384 g/mol. The van der Waals surface area contributed by atoms with Gasteiger partial charge in [-0.3, -0.25) is 4.79 Å². The summed E-state index contributed by atoms with van der Waals surface area (Å²) in [5, 5.41) is 2.68. The van der Waals surface area contributed by atoms with Gasteiger partial charge in [0.25, 0.3) is 0 Å². The van der Waals surface area contributed by atoms with Gasteiger partial charge in [0, 0.05) is 18.0 Å². The molecule has 0 saturated carbocycles. The lowest BCUT2D eigenvalue weighted by atomic mass is 10.2. The van der Waals surface area contributed by atoms with Crippen LogP contribution in [0, 0.1) is 6.92 Å². The number of likely N-dealkylation sites (N-methyl/N-ethyl adjacent to an activating group) is 1. The second kappa shape index (κ2) is 8.39. The largest absolute Gasteiger partial charge is 0.486 e. The maximum absolute atomic E-state index is 12.6. The van der Waals surface area contributed by atoms with Gasteiger partial charge in [-0.2, -0.15) is 0 Å². The van der Waals surface area contributed by atoms with E-state index < -0.39 is 9.84 Å². The normalized spacial score (nSPS) is 18.4. The van der Waals surface area contributed by atoms with Crippen molar-refractivity contribution in [2.75, 3.05) is 18.1 Å². The Hall–Kier alpha value is -1.93. The van der Waals surface area contributed by atoms with Crippen molar-refractivity contribution in [3.8, 4) is 5.75 Å². The number of thiazole rings is 1. The third kappa shape index (κ3) is 5.29. The summed E-state index contributed by atoms with van der Waals surface area (Å²) >= 11 is 1.46. The van der Waals surface area contributed by atoms with Crippen LogP contribution in [0.1, 0.15) is 29.6 Å².